The molecule has 1 amide bonds. The first kappa shape index (κ1) is 17.8. The molecule has 0 spiro atoms. The van der Waals surface area contributed by atoms with Crippen LogP contribution in [0.5, 0.6) is 0 Å². The van der Waals surface area contributed by atoms with Crippen LogP contribution < -0.4 is 4.90 Å². The summed E-state index contributed by atoms with van der Waals surface area (Å²) in [6, 6.07) is 9.96. The molecule has 0 aliphatic carbocycles. The van der Waals surface area contributed by atoms with Crippen molar-refractivity contribution in [2.75, 3.05) is 50.7 Å². The Kier molecular flexibility index (Phi) is 5.93. The third kappa shape index (κ3) is 4.52. The molecule has 2 aliphatic rings. The third-order valence-electron chi connectivity index (χ3n) is 5.61. The van der Waals surface area contributed by atoms with Gasteiger partial charge in [-0.3, -0.25) is 4.79 Å². The van der Waals surface area contributed by atoms with Crippen LogP contribution in [0.2, 0.25) is 0 Å². The summed E-state index contributed by atoms with van der Waals surface area (Å²) >= 11 is 0. The summed E-state index contributed by atoms with van der Waals surface area (Å²) in [5, 5.41) is 8.89. The number of amides is 1. The Morgan fingerprint density at radius 1 is 1.08 bits per heavy atom. The third-order valence-corrected chi connectivity index (χ3v) is 5.61. The molecule has 0 atom stereocenters. The van der Waals surface area contributed by atoms with Gasteiger partial charge in [0, 0.05) is 51.4 Å². The minimum atomic E-state index is 0.340. The lowest BCUT2D eigenvalue weighted by Crippen LogP contribution is -2.49. The van der Waals surface area contributed by atoms with E-state index in [1.54, 1.807) is 0 Å². The Balaban J connectivity index is 1.44. The SMILES string of the molecule is CCN1CCN(C(=O)CC2CCN(c3ccc(C#N)cc3)CC2)CC1. The van der Waals surface area contributed by atoms with E-state index in [-0.39, 0.29) is 0 Å². The molecule has 0 N–H and O–H groups in total. The van der Waals surface area contributed by atoms with Crippen molar-refractivity contribution in [2.45, 2.75) is 26.2 Å². The van der Waals surface area contributed by atoms with E-state index in [1.165, 1.54) is 5.69 Å². The maximum Gasteiger partial charge on any atom is 0.222 e. The molecule has 2 saturated heterocycles. The predicted octanol–water partition coefficient (Wildman–Crippen LogP) is 2.33. The van der Waals surface area contributed by atoms with E-state index in [1.807, 2.05) is 24.3 Å². The summed E-state index contributed by atoms with van der Waals surface area (Å²) in [7, 11) is 0. The van der Waals surface area contributed by atoms with Crippen LogP contribution >= 0.6 is 0 Å². The number of carbonyl (C=O) groups excluding carboxylic acids is 1. The highest BCUT2D eigenvalue weighted by Gasteiger charge is 2.25. The van der Waals surface area contributed by atoms with Gasteiger partial charge < -0.3 is 14.7 Å². The fraction of sp³-hybridized carbons (Fsp3) is 0.600. The van der Waals surface area contributed by atoms with Crippen molar-refractivity contribution in [3.63, 3.8) is 0 Å². The number of benzene rings is 1. The van der Waals surface area contributed by atoms with Gasteiger partial charge in [-0.2, -0.15) is 5.26 Å². The van der Waals surface area contributed by atoms with Gasteiger partial charge in [0.25, 0.3) is 0 Å². The summed E-state index contributed by atoms with van der Waals surface area (Å²) in [5.41, 5.74) is 1.88. The molecule has 2 heterocycles. The molecular formula is C20H28N4O. The van der Waals surface area contributed by atoms with E-state index in [4.69, 9.17) is 5.26 Å². The Bertz CT molecular complexity index is 606. The minimum Gasteiger partial charge on any atom is -0.372 e. The number of nitrogens with zero attached hydrogens (tertiary/aromatic N) is 4. The lowest BCUT2D eigenvalue weighted by atomic mass is 9.92. The molecule has 2 fully saturated rings. The molecule has 0 saturated carbocycles. The highest BCUT2D eigenvalue weighted by atomic mass is 16.2. The number of piperidine rings is 1. The van der Waals surface area contributed by atoms with Crippen LogP contribution in [0.3, 0.4) is 0 Å². The van der Waals surface area contributed by atoms with Gasteiger partial charge in [0.1, 0.15) is 0 Å². The van der Waals surface area contributed by atoms with E-state index < -0.39 is 0 Å². The lowest BCUT2D eigenvalue weighted by Gasteiger charge is -2.37. The number of anilines is 1. The van der Waals surface area contributed by atoms with Gasteiger partial charge in [-0.1, -0.05) is 6.92 Å². The summed E-state index contributed by atoms with van der Waals surface area (Å²) in [6.07, 6.45) is 2.84. The fourth-order valence-electron chi connectivity index (χ4n) is 3.83. The van der Waals surface area contributed by atoms with Crippen molar-refractivity contribution in [2.24, 2.45) is 5.92 Å². The zero-order valence-corrected chi connectivity index (χ0v) is 15.2. The van der Waals surface area contributed by atoms with E-state index in [2.05, 4.69) is 27.7 Å². The van der Waals surface area contributed by atoms with Crippen LogP contribution in [0, 0.1) is 17.2 Å². The Morgan fingerprint density at radius 3 is 2.28 bits per heavy atom. The molecule has 134 valence electrons. The molecule has 0 unspecified atom stereocenters. The van der Waals surface area contributed by atoms with Crippen LogP contribution in [0.25, 0.3) is 0 Å². The standard InChI is InChI=1S/C20H28N4O/c1-2-22-11-13-24(14-12-22)20(25)15-17-7-9-23(10-8-17)19-5-3-18(16-21)4-6-19/h3-6,17H,2,7-15H2,1H3. The van der Waals surface area contributed by atoms with Gasteiger partial charge in [-0.05, 0) is 49.6 Å². The largest absolute Gasteiger partial charge is 0.372 e. The Labute approximate surface area is 150 Å². The molecule has 2 aliphatic heterocycles. The number of rotatable bonds is 4. The van der Waals surface area contributed by atoms with E-state index in [0.717, 1.165) is 58.7 Å². The quantitative estimate of drug-likeness (QED) is 0.844. The van der Waals surface area contributed by atoms with Crippen molar-refractivity contribution in [1.82, 2.24) is 9.80 Å². The Morgan fingerprint density at radius 2 is 1.72 bits per heavy atom. The molecule has 1 aromatic carbocycles. The smallest absolute Gasteiger partial charge is 0.222 e. The summed E-state index contributed by atoms with van der Waals surface area (Å²) in [6.45, 7) is 9.04. The number of nitriles is 1. The molecule has 1 aromatic rings. The van der Waals surface area contributed by atoms with Gasteiger partial charge >= 0.3 is 0 Å². The van der Waals surface area contributed by atoms with Crippen LogP contribution in [-0.4, -0.2) is 61.5 Å². The maximum atomic E-state index is 12.5. The van der Waals surface area contributed by atoms with Gasteiger partial charge in [0.2, 0.25) is 5.91 Å². The second-order valence-electron chi connectivity index (χ2n) is 7.11. The highest BCUT2D eigenvalue weighted by molar-refractivity contribution is 5.76. The molecule has 0 radical (unpaired) electrons. The van der Waals surface area contributed by atoms with E-state index in [0.29, 0.717) is 23.8 Å². The highest BCUT2D eigenvalue weighted by Crippen LogP contribution is 2.26. The second kappa shape index (κ2) is 8.35. The number of piperazine rings is 1. The van der Waals surface area contributed by atoms with E-state index in [9.17, 15) is 4.79 Å². The zero-order chi connectivity index (χ0) is 17.6. The lowest BCUT2D eigenvalue weighted by molar-refractivity contribution is -0.134. The second-order valence-corrected chi connectivity index (χ2v) is 7.11. The van der Waals surface area contributed by atoms with Gasteiger partial charge in [0.15, 0.2) is 0 Å². The number of hydrogen-bond donors (Lipinski definition) is 0. The van der Waals surface area contributed by atoms with Gasteiger partial charge in [0.05, 0.1) is 11.6 Å². The predicted molar refractivity (Wildman–Crippen MR) is 99.4 cm³/mol. The average molecular weight is 340 g/mol. The van der Waals surface area contributed by atoms with Gasteiger partial charge in [-0.25, -0.2) is 0 Å². The minimum absolute atomic E-state index is 0.340. The fourth-order valence-corrected chi connectivity index (χ4v) is 3.83. The molecule has 3 rings (SSSR count). The van der Waals surface area contributed by atoms with Crippen LogP contribution in [0.1, 0.15) is 31.7 Å². The van der Waals surface area contributed by atoms with Crippen molar-refractivity contribution >= 4 is 11.6 Å². The zero-order valence-electron chi connectivity index (χ0n) is 15.2. The molecule has 25 heavy (non-hydrogen) atoms. The van der Waals surface area contributed by atoms with Crippen LogP contribution in [0.15, 0.2) is 24.3 Å². The van der Waals surface area contributed by atoms with Crippen LogP contribution in [-0.2, 0) is 4.79 Å². The first-order chi connectivity index (χ1) is 12.2. The van der Waals surface area contributed by atoms with Crippen LogP contribution in [0.4, 0.5) is 5.69 Å². The van der Waals surface area contributed by atoms with Crippen molar-refractivity contribution in [3.8, 4) is 6.07 Å². The van der Waals surface area contributed by atoms with Crippen molar-refractivity contribution in [1.29, 1.82) is 5.26 Å². The summed E-state index contributed by atoms with van der Waals surface area (Å²) < 4.78 is 0. The first-order valence-electron chi connectivity index (χ1n) is 9.45. The van der Waals surface area contributed by atoms with Crippen molar-refractivity contribution in [3.05, 3.63) is 29.8 Å². The van der Waals surface area contributed by atoms with E-state index >= 15 is 0 Å². The Hall–Kier alpha value is -2.06. The van der Waals surface area contributed by atoms with Crippen molar-refractivity contribution < 1.29 is 4.79 Å². The number of carbonyl (C=O) groups is 1. The van der Waals surface area contributed by atoms with Gasteiger partial charge in [-0.15, -0.1) is 0 Å². The molecule has 0 bridgehead atoms. The summed E-state index contributed by atoms with van der Waals surface area (Å²) in [4.78, 5) is 19.4. The first-order valence-corrected chi connectivity index (χ1v) is 9.45. The average Bonchev–Trinajstić information content (AvgIpc) is 2.68. The molecule has 5 nitrogen and oxygen atoms in total. The topological polar surface area (TPSA) is 50.6 Å². The molecule has 5 heteroatoms. The monoisotopic (exact) mass is 340 g/mol. The summed E-state index contributed by atoms with van der Waals surface area (Å²) in [5.74, 6) is 0.846. The number of likely N-dealkylation sites (N-methyl/N-ethyl adjacent to an activating group) is 1. The molecular weight excluding hydrogens is 312 g/mol. The number of hydrogen-bond acceptors (Lipinski definition) is 4. The normalized spacial score (nSPS) is 19.7. The molecule has 0 aromatic heterocycles. The maximum absolute atomic E-state index is 12.5.